The van der Waals surface area contributed by atoms with Crippen molar-refractivity contribution in [1.29, 1.82) is 0 Å². The van der Waals surface area contributed by atoms with Crippen LogP contribution in [0.15, 0.2) is 60.7 Å². The van der Waals surface area contributed by atoms with Crippen molar-refractivity contribution in [2.75, 3.05) is 14.1 Å². The van der Waals surface area contributed by atoms with Gasteiger partial charge in [-0.1, -0.05) is 60.7 Å². The van der Waals surface area contributed by atoms with Crippen LogP contribution in [0.1, 0.15) is 18.1 Å². The van der Waals surface area contributed by atoms with Crippen molar-refractivity contribution in [3.8, 4) is 0 Å². The van der Waals surface area contributed by atoms with Crippen LogP contribution < -0.4 is 0 Å². The highest BCUT2D eigenvalue weighted by molar-refractivity contribution is 5.39. The summed E-state index contributed by atoms with van der Waals surface area (Å²) < 4.78 is 0. The van der Waals surface area contributed by atoms with Gasteiger partial charge in [-0.25, -0.2) is 0 Å². The van der Waals surface area contributed by atoms with E-state index >= 15 is 0 Å². The van der Waals surface area contributed by atoms with E-state index in [1.165, 1.54) is 0 Å². The number of hydrogen-bond donors (Lipinski definition) is 1. The molecule has 0 fully saturated rings. The van der Waals surface area contributed by atoms with Gasteiger partial charge in [0.1, 0.15) is 0 Å². The third-order valence-electron chi connectivity index (χ3n) is 3.74. The molecule has 0 aromatic heterocycles. The van der Waals surface area contributed by atoms with Gasteiger partial charge in [-0.15, -0.1) is 0 Å². The normalized spacial score (nSPS) is 13.5. The van der Waals surface area contributed by atoms with E-state index in [0.717, 1.165) is 11.1 Å². The molecule has 0 amide bonds. The lowest BCUT2D eigenvalue weighted by molar-refractivity contribution is 0.0301. The van der Waals surface area contributed by atoms with Crippen LogP contribution in [0.2, 0.25) is 0 Å². The summed E-state index contributed by atoms with van der Waals surface area (Å²) in [6.07, 6.45) is -0.521. The van der Waals surface area contributed by atoms with E-state index in [-0.39, 0.29) is 0 Å². The number of benzene rings is 2. The minimum Gasteiger partial charge on any atom is -0.391 e. The van der Waals surface area contributed by atoms with E-state index < -0.39 is 11.6 Å². The maximum absolute atomic E-state index is 10.5. The molecule has 0 aliphatic rings. The molecule has 0 heterocycles. The Labute approximate surface area is 115 Å². The molecule has 0 aliphatic carbocycles. The summed E-state index contributed by atoms with van der Waals surface area (Å²) in [5, 5.41) is 10.5. The van der Waals surface area contributed by atoms with Crippen molar-refractivity contribution in [2.45, 2.75) is 18.6 Å². The Morgan fingerprint density at radius 3 is 1.47 bits per heavy atom. The van der Waals surface area contributed by atoms with E-state index in [1.807, 2.05) is 57.4 Å². The highest BCUT2D eigenvalue weighted by atomic mass is 16.3. The summed E-state index contributed by atoms with van der Waals surface area (Å²) in [5.74, 6) is 0. The van der Waals surface area contributed by atoms with Gasteiger partial charge in [-0.05, 0) is 32.1 Å². The van der Waals surface area contributed by atoms with Crippen molar-refractivity contribution < 1.29 is 5.11 Å². The molecule has 0 saturated heterocycles. The molecule has 0 saturated carbocycles. The minimum absolute atomic E-state index is 0.521. The lowest BCUT2D eigenvalue weighted by atomic mass is 9.77. The molecule has 2 nitrogen and oxygen atoms in total. The Morgan fingerprint density at radius 2 is 1.21 bits per heavy atom. The first-order chi connectivity index (χ1) is 9.10. The Morgan fingerprint density at radius 1 is 0.842 bits per heavy atom. The average Bonchev–Trinajstić information content (AvgIpc) is 2.41. The fraction of sp³-hybridized carbons (Fsp3) is 0.294. The summed E-state index contributed by atoms with van der Waals surface area (Å²) in [4.78, 5) is 2.09. The van der Waals surface area contributed by atoms with Crippen molar-refractivity contribution in [2.24, 2.45) is 0 Å². The lowest BCUT2D eigenvalue weighted by Crippen LogP contribution is -2.50. The Hall–Kier alpha value is -1.64. The Kier molecular flexibility index (Phi) is 4.03. The zero-order valence-corrected chi connectivity index (χ0v) is 11.7. The van der Waals surface area contributed by atoms with Gasteiger partial charge in [0.15, 0.2) is 0 Å². The third kappa shape index (κ3) is 2.29. The predicted molar refractivity (Wildman–Crippen MR) is 79.0 cm³/mol. The average molecular weight is 255 g/mol. The quantitative estimate of drug-likeness (QED) is 0.908. The summed E-state index contributed by atoms with van der Waals surface area (Å²) in [5.41, 5.74) is 1.67. The fourth-order valence-electron chi connectivity index (χ4n) is 2.92. The number of nitrogens with zero attached hydrogens (tertiary/aromatic N) is 1. The zero-order chi connectivity index (χ0) is 13.9. The molecular weight excluding hydrogens is 234 g/mol. The monoisotopic (exact) mass is 255 g/mol. The lowest BCUT2D eigenvalue weighted by Gasteiger charge is -2.43. The standard InChI is InChI=1S/C17H21NO/c1-14(19)17(18(2)3,15-10-6-4-7-11-15)16-12-8-5-9-13-16/h4-14,19H,1-3H3. The van der Waals surface area contributed by atoms with Crippen LogP contribution in [0.4, 0.5) is 0 Å². The van der Waals surface area contributed by atoms with Crippen LogP contribution in [-0.2, 0) is 5.54 Å². The van der Waals surface area contributed by atoms with E-state index in [2.05, 4.69) is 29.2 Å². The second kappa shape index (κ2) is 5.55. The van der Waals surface area contributed by atoms with Crippen molar-refractivity contribution in [3.63, 3.8) is 0 Å². The minimum atomic E-state index is -0.525. The molecule has 19 heavy (non-hydrogen) atoms. The fourth-order valence-corrected chi connectivity index (χ4v) is 2.92. The molecule has 0 radical (unpaired) electrons. The number of aliphatic hydroxyl groups excluding tert-OH is 1. The largest absolute Gasteiger partial charge is 0.391 e. The third-order valence-corrected chi connectivity index (χ3v) is 3.74. The van der Waals surface area contributed by atoms with Crippen molar-refractivity contribution in [3.05, 3.63) is 71.8 Å². The smallest absolute Gasteiger partial charge is 0.0971 e. The molecule has 0 bridgehead atoms. The van der Waals surface area contributed by atoms with Gasteiger partial charge in [0.2, 0.25) is 0 Å². The van der Waals surface area contributed by atoms with Crippen molar-refractivity contribution in [1.82, 2.24) is 4.90 Å². The van der Waals surface area contributed by atoms with Crippen LogP contribution in [0.3, 0.4) is 0 Å². The molecule has 0 spiro atoms. The SMILES string of the molecule is CC(O)C(c1ccccc1)(c1ccccc1)N(C)C. The Balaban J connectivity index is 2.69. The molecule has 2 rings (SSSR count). The maximum atomic E-state index is 10.5. The summed E-state index contributed by atoms with van der Waals surface area (Å²) >= 11 is 0. The summed E-state index contributed by atoms with van der Waals surface area (Å²) in [7, 11) is 4.01. The summed E-state index contributed by atoms with van der Waals surface area (Å²) in [6.45, 7) is 1.85. The van der Waals surface area contributed by atoms with E-state index in [1.54, 1.807) is 0 Å². The van der Waals surface area contributed by atoms with Crippen LogP contribution in [-0.4, -0.2) is 30.2 Å². The number of likely N-dealkylation sites (N-methyl/N-ethyl adjacent to an activating group) is 1. The highest BCUT2D eigenvalue weighted by Gasteiger charge is 2.41. The van der Waals surface area contributed by atoms with E-state index in [9.17, 15) is 5.11 Å². The molecule has 100 valence electrons. The number of aliphatic hydroxyl groups is 1. The first kappa shape index (κ1) is 13.8. The van der Waals surface area contributed by atoms with Gasteiger partial charge in [0.05, 0.1) is 11.6 Å². The van der Waals surface area contributed by atoms with Gasteiger partial charge < -0.3 is 5.11 Å². The van der Waals surface area contributed by atoms with Crippen LogP contribution in [0.25, 0.3) is 0 Å². The molecule has 2 aromatic rings. The van der Waals surface area contributed by atoms with Crippen LogP contribution >= 0.6 is 0 Å². The van der Waals surface area contributed by atoms with Crippen LogP contribution in [0, 0.1) is 0 Å². The molecular formula is C17H21NO. The molecule has 2 heteroatoms. The highest BCUT2D eigenvalue weighted by Crippen LogP contribution is 2.37. The zero-order valence-electron chi connectivity index (χ0n) is 11.7. The van der Waals surface area contributed by atoms with Gasteiger partial charge in [-0.3, -0.25) is 4.90 Å². The summed E-state index contributed by atoms with van der Waals surface area (Å²) in [6, 6.07) is 20.3. The molecule has 0 aliphatic heterocycles. The molecule has 1 atom stereocenters. The Bertz CT molecular complexity index is 456. The molecule has 2 aromatic carbocycles. The van der Waals surface area contributed by atoms with Crippen LogP contribution in [0.5, 0.6) is 0 Å². The van der Waals surface area contributed by atoms with Gasteiger partial charge in [0, 0.05) is 0 Å². The predicted octanol–water partition coefficient (Wildman–Crippen LogP) is 2.87. The van der Waals surface area contributed by atoms with Crippen molar-refractivity contribution >= 4 is 0 Å². The van der Waals surface area contributed by atoms with Gasteiger partial charge >= 0.3 is 0 Å². The second-order valence-corrected chi connectivity index (χ2v) is 5.07. The number of hydrogen-bond acceptors (Lipinski definition) is 2. The van der Waals surface area contributed by atoms with Gasteiger partial charge in [-0.2, -0.15) is 0 Å². The topological polar surface area (TPSA) is 23.5 Å². The maximum Gasteiger partial charge on any atom is 0.0971 e. The van der Waals surface area contributed by atoms with E-state index in [4.69, 9.17) is 0 Å². The number of rotatable bonds is 4. The molecule has 1 unspecified atom stereocenters. The molecule has 1 N–H and O–H groups in total. The first-order valence-corrected chi connectivity index (χ1v) is 6.56. The van der Waals surface area contributed by atoms with E-state index in [0.29, 0.717) is 0 Å². The second-order valence-electron chi connectivity index (χ2n) is 5.07. The van der Waals surface area contributed by atoms with Gasteiger partial charge in [0.25, 0.3) is 0 Å². The first-order valence-electron chi connectivity index (χ1n) is 6.56.